The third-order valence-corrected chi connectivity index (χ3v) is 4.81. The largest absolute Gasteiger partial charge is 0.497 e. The first-order valence-corrected chi connectivity index (χ1v) is 9.04. The Hall–Kier alpha value is -2.46. The van der Waals surface area contributed by atoms with Gasteiger partial charge in [0, 0.05) is 0 Å². The van der Waals surface area contributed by atoms with Crippen molar-refractivity contribution in [3.8, 4) is 5.75 Å². The number of rotatable bonds is 10. The fourth-order valence-corrected chi connectivity index (χ4v) is 3.13. The Balaban J connectivity index is 1.73. The molecule has 1 aromatic carbocycles. The highest BCUT2D eigenvalue weighted by molar-refractivity contribution is 7.86. The van der Waals surface area contributed by atoms with Crippen LogP contribution < -0.4 is 4.74 Å². The Morgan fingerprint density at radius 2 is 1.92 bits per heavy atom. The van der Waals surface area contributed by atoms with Crippen molar-refractivity contribution in [2.75, 3.05) is 13.7 Å². The Morgan fingerprint density at radius 3 is 2.56 bits per heavy atom. The van der Waals surface area contributed by atoms with E-state index in [9.17, 15) is 18.5 Å². The number of unbranched alkanes of at least 4 members (excludes halogenated alkanes) is 2. The third-order valence-electron chi connectivity index (χ3n) is 3.49. The number of nitro groups is 1. The van der Waals surface area contributed by atoms with Gasteiger partial charge in [-0.3, -0.25) is 4.18 Å². The summed E-state index contributed by atoms with van der Waals surface area (Å²) in [6, 6.07) is 5.95. The molecule has 0 radical (unpaired) electrons. The fraction of sp³-hybridized carbons (Fsp3) is 0.400. The molecule has 0 saturated carbocycles. The number of hydrogen-bond acceptors (Lipinski definition) is 7. The van der Waals surface area contributed by atoms with Crippen molar-refractivity contribution in [2.45, 2.75) is 30.7 Å². The van der Waals surface area contributed by atoms with E-state index in [1.807, 2.05) is 0 Å². The number of nitrogens with zero attached hydrogens (tertiary/aromatic N) is 3. The molecule has 9 nitrogen and oxygen atoms in total. The first-order valence-electron chi connectivity index (χ1n) is 7.63. The molecular weight excluding hydrogens is 350 g/mol. The fourth-order valence-electron chi connectivity index (χ4n) is 2.19. The molecule has 0 saturated heterocycles. The van der Waals surface area contributed by atoms with Gasteiger partial charge in [0.05, 0.1) is 25.2 Å². The van der Waals surface area contributed by atoms with E-state index in [-0.39, 0.29) is 17.5 Å². The van der Waals surface area contributed by atoms with E-state index >= 15 is 0 Å². The van der Waals surface area contributed by atoms with Gasteiger partial charge in [0.25, 0.3) is 10.1 Å². The maximum Gasteiger partial charge on any atom is 0.434 e. The molecule has 0 amide bonds. The number of benzene rings is 1. The van der Waals surface area contributed by atoms with Crippen molar-refractivity contribution in [3.05, 3.63) is 46.8 Å². The first-order chi connectivity index (χ1) is 11.9. The van der Waals surface area contributed by atoms with Gasteiger partial charge in [0.15, 0.2) is 0 Å². The van der Waals surface area contributed by atoms with Crippen LogP contribution in [-0.4, -0.2) is 36.6 Å². The van der Waals surface area contributed by atoms with Gasteiger partial charge in [-0.1, -0.05) is 4.98 Å². The summed E-state index contributed by atoms with van der Waals surface area (Å²) in [5.74, 6) is 0.367. The topological polar surface area (TPSA) is 114 Å². The average molecular weight is 369 g/mol. The Kier molecular flexibility index (Phi) is 6.48. The smallest absolute Gasteiger partial charge is 0.434 e. The summed E-state index contributed by atoms with van der Waals surface area (Å²) in [5.41, 5.74) is 0. The van der Waals surface area contributed by atoms with E-state index in [0.717, 1.165) is 0 Å². The van der Waals surface area contributed by atoms with E-state index in [2.05, 4.69) is 4.98 Å². The minimum atomic E-state index is -3.79. The lowest BCUT2D eigenvalue weighted by molar-refractivity contribution is -0.396. The molecule has 0 fully saturated rings. The Morgan fingerprint density at radius 1 is 1.20 bits per heavy atom. The van der Waals surface area contributed by atoms with Crippen molar-refractivity contribution in [2.24, 2.45) is 0 Å². The highest BCUT2D eigenvalue weighted by atomic mass is 32.2. The first kappa shape index (κ1) is 18.9. The SMILES string of the molecule is COc1ccc(S(=O)(=O)OCCCCCn2ccnc2[N+](=O)[O-])cc1. The number of hydrogen-bond donors (Lipinski definition) is 0. The lowest BCUT2D eigenvalue weighted by atomic mass is 10.2. The molecular formula is C15H19N3O6S. The molecule has 0 aliphatic carbocycles. The molecule has 25 heavy (non-hydrogen) atoms. The summed E-state index contributed by atoms with van der Waals surface area (Å²) in [7, 11) is -2.30. The number of aryl methyl sites for hydroxylation is 1. The van der Waals surface area contributed by atoms with Crippen LogP contribution in [0.1, 0.15) is 19.3 Å². The molecule has 0 aliphatic rings. The van der Waals surface area contributed by atoms with Gasteiger partial charge in [-0.2, -0.15) is 8.42 Å². The van der Waals surface area contributed by atoms with Crippen molar-refractivity contribution in [3.63, 3.8) is 0 Å². The normalized spacial score (nSPS) is 11.4. The summed E-state index contributed by atoms with van der Waals surface area (Å²) >= 11 is 0. The number of imidazole rings is 1. The zero-order valence-corrected chi connectivity index (χ0v) is 14.5. The second-order valence-corrected chi connectivity index (χ2v) is 6.81. The molecule has 10 heteroatoms. The van der Waals surface area contributed by atoms with Crippen LogP contribution in [0.15, 0.2) is 41.6 Å². The van der Waals surface area contributed by atoms with Gasteiger partial charge in [-0.15, -0.1) is 0 Å². The van der Waals surface area contributed by atoms with Gasteiger partial charge in [0.1, 0.15) is 18.1 Å². The van der Waals surface area contributed by atoms with Crippen molar-refractivity contribution in [1.82, 2.24) is 9.55 Å². The van der Waals surface area contributed by atoms with Crippen LogP contribution in [0.5, 0.6) is 5.75 Å². The standard InChI is InChI=1S/C15H19N3O6S/c1-23-13-5-7-14(8-6-13)25(21,22)24-12-4-2-3-10-17-11-9-16-15(17)18(19)20/h5-9,11H,2-4,10,12H2,1H3. The van der Waals surface area contributed by atoms with Gasteiger partial charge >= 0.3 is 5.95 Å². The Labute approximate surface area is 145 Å². The van der Waals surface area contributed by atoms with E-state index < -0.39 is 15.0 Å². The van der Waals surface area contributed by atoms with Crippen LogP contribution in [0.4, 0.5) is 5.95 Å². The molecule has 1 heterocycles. The summed E-state index contributed by atoms with van der Waals surface area (Å²) < 4.78 is 35.5. The molecule has 0 unspecified atom stereocenters. The second kappa shape index (κ2) is 8.58. The van der Waals surface area contributed by atoms with Crippen LogP contribution in [-0.2, 0) is 20.8 Å². The van der Waals surface area contributed by atoms with Crippen molar-refractivity contribution < 1.29 is 22.3 Å². The molecule has 136 valence electrons. The van der Waals surface area contributed by atoms with E-state index in [1.165, 1.54) is 30.0 Å². The lowest BCUT2D eigenvalue weighted by Crippen LogP contribution is -2.08. The molecule has 2 aromatic rings. The highest BCUT2D eigenvalue weighted by Crippen LogP contribution is 2.18. The predicted molar refractivity (Wildman–Crippen MR) is 88.9 cm³/mol. The maximum atomic E-state index is 12.0. The van der Waals surface area contributed by atoms with Gasteiger partial charge < -0.3 is 14.9 Å². The summed E-state index contributed by atoms with van der Waals surface area (Å²) in [6.45, 7) is 0.502. The van der Waals surface area contributed by atoms with Gasteiger partial charge in [0.2, 0.25) is 0 Å². The van der Waals surface area contributed by atoms with Gasteiger partial charge in [-0.05, 0) is 48.5 Å². The lowest BCUT2D eigenvalue weighted by Gasteiger charge is -2.06. The molecule has 0 aliphatic heterocycles. The maximum absolute atomic E-state index is 12.0. The Bertz CT molecular complexity index is 801. The van der Waals surface area contributed by atoms with Crippen LogP contribution >= 0.6 is 0 Å². The molecule has 1 aromatic heterocycles. The number of aromatic nitrogens is 2. The second-order valence-electron chi connectivity index (χ2n) is 5.19. The quantitative estimate of drug-likeness (QED) is 0.273. The van der Waals surface area contributed by atoms with E-state index in [0.29, 0.717) is 31.6 Å². The predicted octanol–water partition coefficient (Wildman–Crippen LogP) is 2.38. The van der Waals surface area contributed by atoms with Crippen molar-refractivity contribution >= 4 is 16.1 Å². The minimum Gasteiger partial charge on any atom is -0.497 e. The zero-order chi connectivity index (χ0) is 18.3. The molecule has 0 bridgehead atoms. The highest BCUT2D eigenvalue weighted by Gasteiger charge is 2.15. The van der Waals surface area contributed by atoms with Gasteiger partial charge in [-0.25, -0.2) is 4.57 Å². The molecule has 0 spiro atoms. The van der Waals surface area contributed by atoms with E-state index in [4.69, 9.17) is 8.92 Å². The van der Waals surface area contributed by atoms with Crippen molar-refractivity contribution in [1.29, 1.82) is 0 Å². The van der Waals surface area contributed by atoms with Crippen LogP contribution in [0.25, 0.3) is 0 Å². The summed E-state index contributed by atoms with van der Waals surface area (Å²) in [5, 5.41) is 10.7. The molecule has 2 rings (SSSR count). The monoisotopic (exact) mass is 369 g/mol. The molecule has 0 N–H and O–H groups in total. The van der Waals surface area contributed by atoms with Crippen LogP contribution in [0.2, 0.25) is 0 Å². The third kappa shape index (κ3) is 5.26. The average Bonchev–Trinajstić information content (AvgIpc) is 3.07. The van der Waals surface area contributed by atoms with E-state index in [1.54, 1.807) is 18.3 Å². The summed E-state index contributed by atoms with van der Waals surface area (Å²) in [6.07, 6.45) is 4.78. The van der Waals surface area contributed by atoms with Crippen LogP contribution in [0.3, 0.4) is 0 Å². The number of ether oxygens (including phenoxy) is 1. The molecule has 0 atom stereocenters. The number of methoxy groups -OCH3 is 1. The zero-order valence-electron chi connectivity index (χ0n) is 13.7. The van der Waals surface area contributed by atoms with Crippen LogP contribution in [0, 0.1) is 10.1 Å². The summed E-state index contributed by atoms with van der Waals surface area (Å²) in [4.78, 5) is 13.9. The minimum absolute atomic E-state index is 0.0559.